The van der Waals surface area contributed by atoms with Crippen LogP contribution < -0.4 is 15.2 Å². The van der Waals surface area contributed by atoms with Gasteiger partial charge in [-0.2, -0.15) is 0 Å². The maximum absolute atomic E-state index is 12.6. The van der Waals surface area contributed by atoms with Crippen LogP contribution in [0.15, 0.2) is 69.5 Å². The molecule has 3 aromatic rings. The number of carbonyl (C=O) groups excluding carboxylic acids is 1. The molecule has 0 aliphatic carbocycles. The van der Waals surface area contributed by atoms with E-state index in [4.69, 9.17) is 14.9 Å². The van der Waals surface area contributed by atoms with E-state index >= 15 is 0 Å². The lowest BCUT2D eigenvalue weighted by molar-refractivity contribution is -0.119. The van der Waals surface area contributed by atoms with Crippen molar-refractivity contribution in [3.63, 3.8) is 0 Å². The summed E-state index contributed by atoms with van der Waals surface area (Å²) >= 11 is 1.29. The van der Waals surface area contributed by atoms with Gasteiger partial charge in [0.25, 0.3) is 5.91 Å². The number of primary amides is 1. The molecule has 0 aliphatic rings. The van der Waals surface area contributed by atoms with Crippen molar-refractivity contribution >= 4 is 27.3 Å². The zero-order valence-electron chi connectivity index (χ0n) is 14.6. The SMILES string of the molecule is NC(=O)COc1ccc(S(=O)(=O)NC[C@@](O)(c2ccco2)c2cccs2)cc1. The Balaban J connectivity index is 1.77. The summed E-state index contributed by atoms with van der Waals surface area (Å²) in [6.07, 6.45) is 1.41. The predicted octanol–water partition coefficient (Wildman–Crippen LogP) is 1.42. The van der Waals surface area contributed by atoms with Crippen molar-refractivity contribution in [3.8, 4) is 5.75 Å². The molecule has 3 rings (SSSR count). The predicted molar refractivity (Wildman–Crippen MR) is 102 cm³/mol. The third-order valence-corrected chi connectivity index (χ3v) is 6.33. The van der Waals surface area contributed by atoms with Crippen LogP contribution in [0.1, 0.15) is 10.6 Å². The Bertz CT molecular complexity index is 978. The topological polar surface area (TPSA) is 132 Å². The van der Waals surface area contributed by atoms with Crippen molar-refractivity contribution in [1.82, 2.24) is 4.72 Å². The van der Waals surface area contributed by atoms with Gasteiger partial charge in [-0.05, 0) is 47.8 Å². The lowest BCUT2D eigenvalue weighted by Gasteiger charge is -2.25. The largest absolute Gasteiger partial charge is 0.484 e. The van der Waals surface area contributed by atoms with Gasteiger partial charge in [0.1, 0.15) is 11.5 Å². The second-order valence-electron chi connectivity index (χ2n) is 5.87. The van der Waals surface area contributed by atoms with Gasteiger partial charge >= 0.3 is 0 Å². The average Bonchev–Trinajstić information content (AvgIpc) is 3.39. The summed E-state index contributed by atoms with van der Waals surface area (Å²) < 4.78 is 38.1. The lowest BCUT2D eigenvalue weighted by atomic mass is 9.99. The van der Waals surface area contributed by atoms with Crippen molar-refractivity contribution < 1.29 is 27.5 Å². The molecule has 0 radical (unpaired) electrons. The lowest BCUT2D eigenvalue weighted by Crippen LogP contribution is -2.40. The van der Waals surface area contributed by atoms with E-state index in [0.717, 1.165) is 0 Å². The fourth-order valence-corrected chi connectivity index (χ4v) is 4.36. The van der Waals surface area contributed by atoms with E-state index in [-0.39, 0.29) is 23.8 Å². The molecule has 1 amide bonds. The summed E-state index contributed by atoms with van der Waals surface area (Å²) in [5, 5.41) is 12.9. The fraction of sp³-hybridized carbons (Fsp3) is 0.167. The second-order valence-corrected chi connectivity index (χ2v) is 8.58. The number of rotatable bonds is 9. The van der Waals surface area contributed by atoms with Gasteiger partial charge in [-0.3, -0.25) is 4.79 Å². The van der Waals surface area contributed by atoms with Gasteiger partial charge in [0.05, 0.1) is 17.7 Å². The Morgan fingerprint density at radius 2 is 1.96 bits per heavy atom. The normalized spacial score (nSPS) is 13.8. The number of aliphatic hydroxyl groups is 1. The minimum atomic E-state index is -3.92. The maximum Gasteiger partial charge on any atom is 0.255 e. The first-order valence-electron chi connectivity index (χ1n) is 8.12. The molecular formula is C18H18N2O6S2. The molecule has 1 atom stereocenters. The third-order valence-electron chi connectivity index (χ3n) is 3.89. The highest BCUT2D eigenvalue weighted by molar-refractivity contribution is 7.89. The van der Waals surface area contributed by atoms with E-state index in [1.165, 1.54) is 41.9 Å². The molecule has 2 aromatic heterocycles. The highest BCUT2D eigenvalue weighted by Crippen LogP contribution is 2.33. The Labute approximate surface area is 165 Å². The van der Waals surface area contributed by atoms with E-state index in [0.29, 0.717) is 10.6 Å². The first-order valence-corrected chi connectivity index (χ1v) is 10.5. The number of furan rings is 1. The molecule has 8 nitrogen and oxygen atoms in total. The highest BCUT2D eigenvalue weighted by atomic mass is 32.2. The molecule has 0 unspecified atom stereocenters. The van der Waals surface area contributed by atoms with Crippen LogP contribution >= 0.6 is 11.3 Å². The quantitative estimate of drug-likeness (QED) is 0.478. The van der Waals surface area contributed by atoms with Gasteiger partial charge in [-0.25, -0.2) is 13.1 Å². The Morgan fingerprint density at radius 1 is 1.21 bits per heavy atom. The van der Waals surface area contributed by atoms with Gasteiger partial charge in [-0.15, -0.1) is 11.3 Å². The number of ether oxygens (including phenoxy) is 1. The molecule has 0 fully saturated rings. The van der Waals surface area contributed by atoms with Crippen molar-refractivity contribution in [2.24, 2.45) is 5.73 Å². The van der Waals surface area contributed by atoms with Crippen molar-refractivity contribution in [2.45, 2.75) is 10.5 Å². The summed E-state index contributed by atoms with van der Waals surface area (Å²) in [6, 6.07) is 12.1. The van der Waals surface area contributed by atoms with Crippen LogP contribution in [0.4, 0.5) is 0 Å². The molecule has 0 bridgehead atoms. The monoisotopic (exact) mass is 422 g/mol. The number of hydrogen-bond acceptors (Lipinski definition) is 7. The molecule has 1 aromatic carbocycles. The summed E-state index contributed by atoms with van der Waals surface area (Å²) in [5.74, 6) is -0.0968. The number of hydrogen-bond donors (Lipinski definition) is 3. The molecule has 0 saturated heterocycles. The first-order chi connectivity index (χ1) is 13.3. The van der Waals surface area contributed by atoms with Gasteiger partial charge < -0.3 is 20.0 Å². The van der Waals surface area contributed by atoms with Crippen LogP contribution in [-0.2, 0) is 20.4 Å². The van der Waals surface area contributed by atoms with Crippen LogP contribution in [-0.4, -0.2) is 32.6 Å². The summed E-state index contributed by atoms with van der Waals surface area (Å²) in [4.78, 5) is 11.3. The summed E-state index contributed by atoms with van der Waals surface area (Å²) in [7, 11) is -3.92. The zero-order chi connectivity index (χ0) is 20.2. The van der Waals surface area contributed by atoms with Crippen LogP contribution in [0.25, 0.3) is 0 Å². The third kappa shape index (κ3) is 4.42. The molecule has 0 aliphatic heterocycles. The van der Waals surface area contributed by atoms with Crippen molar-refractivity contribution in [2.75, 3.05) is 13.2 Å². The number of nitrogens with two attached hydrogens (primary N) is 1. The van der Waals surface area contributed by atoms with Gasteiger partial charge in [0, 0.05) is 4.88 Å². The van der Waals surface area contributed by atoms with Gasteiger partial charge in [0.2, 0.25) is 10.0 Å². The molecule has 0 saturated carbocycles. The van der Waals surface area contributed by atoms with Crippen molar-refractivity contribution in [1.29, 1.82) is 0 Å². The van der Waals surface area contributed by atoms with Crippen LogP contribution in [0.2, 0.25) is 0 Å². The minimum Gasteiger partial charge on any atom is -0.484 e. The first kappa shape index (κ1) is 20.1. The zero-order valence-corrected chi connectivity index (χ0v) is 16.2. The standard InChI is InChI=1S/C18H18N2O6S2/c19-17(21)11-26-13-5-7-14(8-6-13)28(23,24)20-12-18(22,15-3-1-9-25-15)16-4-2-10-27-16/h1-10,20,22H,11-12H2,(H2,19,21)/t18-/m1/s1. The number of carbonyl (C=O) groups is 1. The molecule has 2 heterocycles. The minimum absolute atomic E-state index is 0.0214. The molecule has 28 heavy (non-hydrogen) atoms. The van der Waals surface area contributed by atoms with E-state index < -0.39 is 21.5 Å². The Hall–Kier alpha value is -2.66. The number of benzene rings is 1. The number of amides is 1. The summed E-state index contributed by atoms with van der Waals surface area (Å²) in [6.45, 7) is -0.620. The molecule has 4 N–H and O–H groups in total. The average molecular weight is 422 g/mol. The summed E-state index contributed by atoms with van der Waals surface area (Å²) in [5.41, 5.74) is 3.36. The Kier molecular flexibility index (Phi) is 5.84. The Morgan fingerprint density at radius 3 is 2.54 bits per heavy atom. The number of nitrogens with one attached hydrogen (secondary N) is 1. The molecule has 0 spiro atoms. The molecular weight excluding hydrogens is 404 g/mol. The fourth-order valence-electron chi connectivity index (χ4n) is 2.48. The van der Waals surface area contributed by atoms with Crippen LogP contribution in [0.3, 0.4) is 0 Å². The second kappa shape index (κ2) is 8.15. The molecule has 148 valence electrons. The van der Waals surface area contributed by atoms with Crippen LogP contribution in [0, 0.1) is 0 Å². The van der Waals surface area contributed by atoms with E-state index in [1.807, 2.05) is 0 Å². The van der Waals surface area contributed by atoms with Gasteiger partial charge in [0.15, 0.2) is 12.2 Å². The molecule has 10 heteroatoms. The van der Waals surface area contributed by atoms with Crippen LogP contribution in [0.5, 0.6) is 5.75 Å². The smallest absolute Gasteiger partial charge is 0.255 e. The highest BCUT2D eigenvalue weighted by Gasteiger charge is 2.37. The number of thiophene rings is 1. The van der Waals surface area contributed by atoms with E-state index in [9.17, 15) is 18.3 Å². The van der Waals surface area contributed by atoms with E-state index in [1.54, 1.807) is 29.6 Å². The number of sulfonamides is 1. The van der Waals surface area contributed by atoms with Gasteiger partial charge in [-0.1, -0.05) is 6.07 Å². The maximum atomic E-state index is 12.6. The van der Waals surface area contributed by atoms with Crippen molar-refractivity contribution in [3.05, 3.63) is 70.8 Å². The van der Waals surface area contributed by atoms with E-state index in [2.05, 4.69) is 4.72 Å².